The molecule has 0 fully saturated rings. The van der Waals surface area contributed by atoms with Crippen molar-refractivity contribution in [2.75, 3.05) is 13.2 Å². The van der Waals surface area contributed by atoms with E-state index >= 15 is 0 Å². The van der Waals surface area contributed by atoms with E-state index in [9.17, 15) is 4.79 Å². The third-order valence-electron chi connectivity index (χ3n) is 5.07. The minimum absolute atomic E-state index is 0.188. The summed E-state index contributed by atoms with van der Waals surface area (Å²) < 4.78 is 11.2. The minimum Gasteiger partial charge on any atom is -0.471 e. The molecule has 1 aliphatic heterocycles. The van der Waals surface area contributed by atoms with E-state index in [4.69, 9.17) is 9.47 Å². The van der Waals surface area contributed by atoms with Crippen molar-refractivity contribution >= 4 is 12.0 Å². The van der Waals surface area contributed by atoms with Crippen molar-refractivity contribution in [3.8, 4) is 5.75 Å². The largest absolute Gasteiger partial charge is 0.471 e. The van der Waals surface area contributed by atoms with Crippen LogP contribution in [0.15, 0.2) is 53.6 Å². The lowest BCUT2D eigenvalue weighted by Crippen LogP contribution is -2.38. The molecule has 1 atom stereocenters. The summed E-state index contributed by atoms with van der Waals surface area (Å²) in [7, 11) is 0. The number of unbranched alkanes of at least 4 members (excludes halogenated alkanes) is 6. The first-order valence-corrected chi connectivity index (χ1v) is 11.4. The molecule has 0 aliphatic carbocycles. The number of carbonyl (C=O) groups excluding carboxylic acids is 1. The summed E-state index contributed by atoms with van der Waals surface area (Å²) in [5.74, 6) is 0.581. The van der Waals surface area contributed by atoms with Crippen LogP contribution in [0, 0.1) is 0 Å². The Hall–Kier alpha value is -2.33. The number of nitrogens with one attached hydrogen (secondary N) is 1. The molecule has 1 aromatic carbocycles. The smallest absolute Gasteiger partial charge is 0.330 e. The van der Waals surface area contributed by atoms with Crippen molar-refractivity contribution < 1.29 is 14.3 Å². The fraction of sp³-hybridized carbons (Fsp3) is 0.500. The topological polar surface area (TPSA) is 47.6 Å². The van der Waals surface area contributed by atoms with Crippen LogP contribution in [0.3, 0.4) is 0 Å². The number of para-hydroxylation sites is 1. The van der Waals surface area contributed by atoms with E-state index in [1.165, 1.54) is 44.6 Å². The molecule has 1 heterocycles. The minimum atomic E-state index is -0.313. The first-order valence-electron chi connectivity index (χ1n) is 11.4. The average Bonchev–Trinajstić information content (AvgIpc) is 2.74. The molecule has 2 rings (SSSR count). The van der Waals surface area contributed by atoms with Gasteiger partial charge in [0.05, 0.1) is 6.61 Å². The number of carbonyl (C=O) groups is 1. The maximum atomic E-state index is 11.6. The van der Waals surface area contributed by atoms with Crippen molar-refractivity contribution in [3.05, 3.63) is 59.2 Å². The van der Waals surface area contributed by atoms with Crippen molar-refractivity contribution in [3.63, 3.8) is 0 Å². The highest BCUT2D eigenvalue weighted by atomic mass is 16.5. The summed E-state index contributed by atoms with van der Waals surface area (Å²) in [4.78, 5) is 11.6. The Labute approximate surface area is 182 Å². The van der Waals surface area contributed by atoms with E-state index in [2.05, 4.69) is 24.4 Å². The van der Waals surface area contributed by atoms with Crippen LogP contribution in [0.4, 0.5) is 0 Å². The third kappa shape index (κ3) is 8.58. The Morgan fingerprint density at radius 3 is 2.60 bits per heavy atom. The molecule has 4 nitrogen and oxygen atoms in total. The number of rotatable bonds is 13. The lowest BCUT2D eigenvalue weighted by Gasteiger charge is -2.27. The summed E-state index contributed by atoms with van der Waals surface area (Å²) in [5, 5.41) is 3.55. The van der Waals surface area contributed by atoms with Gasteiger partial charge in [-0.2, -0.15) is 0 Å². The van der Waals surface area contributed by atoms with Crippen LogP contribution in [0.2, 0.25) is 0 Å². The molecule has 1 unspecified atom stereocenters. The number of allylic oxidation sites excluding steroid dienone is 2. The molecule has 0 spiro atoms. The van der Waals surface area contributed by atoms with E-state index in [1.807, 2.05) is 37.3 Å². The fourth-order valence-corrected chi connectivity index (χ4v) is 3.41. The number of fused-ring (bicyclic) bond motifs is 1. The molecule has 1 aromatic rings. The summed E-state index contributed by atoms with van der Waals surface area (Å²) in [6.45, 7) is 7.25. The summed E-state index contributed by atoms with van der Waals surface area (Å²) >= 11 is 0. The average molecular weight is 412 g/mol. The Bertz CT molecular complexity index is 748. The van der Waals surface area contributed by atoms with Crippen LogP contribution in [0.1, 0.15) is 71.3 Å². The van der Waals surface area contributed by atoms with Gasteiger partial charge >= 0.3 is 5.97 Å². The highest BCUT2D eigenvalue weighted by Crippen LogP contribution is 2.29. The van der Waals surface area contributed by atoms with Crippen LogP contribution in [-0.2, 0) is 9.53 Å². The van der Waals surface area contributed by atoms with Gasteiger partial charge in [-0.15, -0.1) is 0 Å². The Morgan fingerprint density at radius 2 is 1.83 bits per heavy atom. The fourth-order valence-electron chi connectivity index (χ4n) is 3.41. The third-order valence-corrected chi connectivity index (χ3v) is 5.07. The maximum Gasteiger partial charge on any atom is 0.330 e. The summed E-state index contributed by atoms with van der Waals surface area (Å²) in [5.41, 5.74) is 2.96. The normalized spacial score (nSPS) is 16.2. The van der Waals surface area contributed by atoms with Gasteiger partial charge in [0.2, 0.25) is 0 Å². The van der Waals surface area contributed by atoms with Gasteiger partial charge in [-0.25, -0.2) is 4.79 Å². The first kappa shape index (κ1) is 23.9. The van der Waals surface area contributed by atoms with E-state index in [1.54, 1.807) is 6.92 Å². The maximum absolute atomic E-state index is 11.6. The second-order valence-electron chi connectivity index (χ2n) is 7.73. The number of esters is 1. The Kier molecular flexibility index (Phi) is 11.0. The van der Waals surface area contributed by atoms with Gasteiger partial charge in [0.1, 0.15) is 5.75 Å². The second-order valence-corrected chi connectivity index (χ2v) is 7.73. The van der Waals surface area contributed by atoms with Crippen molar-refractivity contribution in [2.24, 2.45) is 0 Å². The van der Waals surface area contributed by atoms with Crippen LogP contribution in [-0.4, -0.2) is 25.3 Å². The van der Waals surface area contributed by atoms with E-state index < -0.39 is 0 Å². The second kappa shape index (κ2) is 13.8. The molecule has 30 heavy (non-hydrogen) atoms. The molecule has 0 aromatic heterocycles. The molecule has 0 radical (unpaired) electrons. The molecule has 0 bridgehead atoms. The number of hydrogen-bond donors (Lipinski definition) is 1. The standard InChI is InChI=1S/C26H37NO3/c1-4-6-7-8-9-10-13-18-27-26-23(17-16-21(3)19-25(28)29-5-2)20-22-14-11-12-15-24(22)30-26/h11-12,14-17,19-20,26-27H,4-10,13,18H2,1-3H3/b17-16+,21-19+. The van der Waals surface area contributed by atoms with E-state index in [0.717, 1.165) is 35.4 Å². The highest BCUT2D eigenvalue weighted by molar-refractivity contribution is 5.83. The van der Waals surface area contributed by atoms with Gasteiger partial charge in [0, 0.05) is 17.2 Å². The predicted molar refractivity (Wildman–Crippen MR) is 124 cm³/mol. The van der Waals surface area contributed by atoms with Gasteiger partial charge in [0.15, 0.2) is 6.23 Å². The van der Waals surface area contributed by atoms with Gasteiger partial charge in [0.25, 0.3) is 0 Å². The number of benzene rings is 1. The Balaban J connectivity index is 1.94. The molecule has 164 valence electrons. The van der Waals surface area contributed by atoms with Gasteiger partial charge < -0.3 is 9.47 Å². The first-order chi connectivity index (χ1) is 14.6. The molecule has 0 amide bonds. The Morgan fingerprint density at radius 1 is 1.10 bits per heavy atom. The predicted octanol–water partition coefficient (Wildman–Crippen LogP) is 6.19. The number of hydrogen-bond acceptors (Lipinski definition) is 4. The molecule has 0 saturated carbocycles. The molecular formula is C26H37NO3. The van der Waals surface area contributed by atoms with E-state index in [-0.39, 0.29) is 12.2 Å². The van der Waals surface area contributed by atoms with Crippen LogP contribution >= 0.6 is 0 Å². The quantitative estimate of drug-likeness (QED) is 0.182. The number of ether oxygens (including phenoxy) is 2. The zero-order valence-electron chi connectivity index (χ0n) is 18.8. The highest BCUT2D eigenvalue weighted by Gasteiger charge is 2.20. The summed E-state index contributed by atoms with van der Waals surface area (Å²) in [6, 6.07) is 8.06. The monoisotopic (exact) mass is 411 g/mol. The lowest BCUT2D eigenvalue weighted by molar-refractivity contribution is -0.137. The van der Waals surface area contributed by atoms with Gasteiger partial charge in [-0.3, -0.25) is 5.32 Å². The molecule has 1 N–H and O–H groups in total. The SMILES string of the molecule is CCCCCCCCCNC1Oc2ccccc2C=C1/C=C/C(C)=C/C(=O)OCC. The zero-order valence-corrected chi connectivity index (χ0v) is 18.8. The van der Waals surface area contributed by atoms with Crippen LogP contribution in [0.25, 0.3) is 6.08 Å². The zero-order chi connectivity index (χ0) is 21.6. The molecule has 0 saturated heterocycles. The van der Waals surface area contributed by atoms with E-state index in [0.29, 0.717) is 6.61 Å². The van der Waals surface area contributed by atoms with Gasteiger partial charge in [-0.1, -0.05) is 75.8 Å². The van der Waals surface area contributed by atoms with Crippen molar-refractivity contribution in [1.82, 2.24) is 5.32 Å². The molecular weight excluding hydrogens is 374 g/mol. The molecule has 4 heteroatoms. The molecule has 1 aliphatic rings. The lowest BCUT2D eigenvalue weighted by atomic mass is 10.0. The van der Waals surface area contributed by atoms with Crippen LogP contribution < -0.4 is 10.1 Å². The van der Waals surface area contributed by atoms with Crippen molar-refractivity contribution in [2.45, 2.75) is 71.9 Å². The summed E-state index contributed by atoms with van der Waals surface area (Å²) in [6.07, 6.45) is 16.4. The van der Waals surface area contributed by atoms with Crippen LogP contribution in [0.5, 0.6) is 5.75 Å². The van der Waals surface area contributed by atoms with Gasteiger partial charge in [-0.05, 0) is 44.5 Å². The van der Waals surface area contributed by atoms with Crippen molar-refractivity contribution in [1.29, 1.82) is 0 Å².